The average Bonchev–Trinajstić information content (AvgIpc) is 3.28. The van der Waals surface area contributed by atoms with E-state index in [0.29, 0.717) is 16.4 Å². The summed E-state index contributed by atoms with van der Waals surface area (Å²) in [6, 6.07) is 16.6. The van der Waals surface area contributed by atoms with E-state index in [0.717, 1.165) is 14.7 Å². The number of thiophene rings is 1. The van der Waals surface area contributed by atoms with Crippen LogP contribution in [0.5, 0.6) is 0 Å². The lowest BCUT2D eigenvalue weighted by Gasteiger charge is -2.24. The zero-order valence-electron chi connectivity index (χ0n) is 16.4. The summed E-state index contributed by atoms with van der Waals surface area (Å²) >= 11 is 7.70. The molecule has 0 aliphatic heterocycles. The highest BCUT2D eigenvalue weighted by atomic mass is 35.5. The fourth-order valence-corrected chi connectivity index (χ4v) is 4.91. The second kappa shape index (κ2) is 9.42. The van der Waals surface area contributed by atoms with Gasteiger partial charge >= 0.3 is 0 Å². The third-order valence-electron chi connectivity index (χ3n) is 4.29. The van der Waals surface area contributed by atoms with Crippen molar-refractivity contribution in [3.63, 3.8) is 0 Å². The Bertz CT molecular complexity index is 1160. The summed E-state index contributed by atoms with van der Waals surface area (Å²) in [5.74, 6) is -0.567. The number of hydrogen-bond donors (Lipinski definition) is 1. The van der Waals surface area contributed by atoms with E-state index in [1.54, 1.807) is 37.3 Å². The van der Waals surface area contributed by atoms with Crippen molar-refractivity contribution in [2.45, 2.75) is 18.7 Å². The first-order valence-corrected chi connectivity index (χ1v) is 11.7. The molecule has 30 heavy (non-hydrogen) atoms. The maximum Gasteiger partial charge on any atom is 0.264 e. The van der Waals surface area contributed by atoms with Crippen LogP contribution in [0.4, 0.5) is 5.69 Å². The van der Waals surface area contributed by atoms with Gasteiger partial charge < -0.3 is 0 Å². The van der Waals surface area contributed by atoms with E-state index in [4.69, 9.17) is 11.6 Å². The minimum Gasteiger partial charge on any atom is -0.271 e. The van der Waals surface area contributed by atoms with Crippen molar-refractivity contribution in [3.05, 3.63) is 81.5 Å². The molecule has 0 spiro atoms. The second-order valence-corrected chi connectivity index (χ2v) is 9.68. The molecule has 0 aliphatic carbocycles. The maximum absolute atomic E-state index is 13.3. The van der Waals surface area contributed by atoms with Crippen LogP contribution in [-0.2, 0) is 14.8 Å². The second-order valence-electron chi connectivity index (χ2n) is 6.47. The normalized spacial score (nSPS) is 11.9. The Hall–Kier alpha value is -2.68. The van der Waals surface area contributed by atoms with Gasteiger partial charge in [-0.25, -0.2) is 13.8 Å². The number of halogens is 1. The number of carbonyl (C=O) groups is 1. The van der Waals surface area contributed by atoms with Gasteiger partial charge in [0.2, 0.25) is 0 Å². The molecule has 3 aromatic rings. The van der Waals surface area contributed by atoms with E-state index < -0.39 is 22.5 Å². The van der Waals surface area contributed by atoms with E-state index in [-0.39, 0.29) is 4.90 Å². The minimum absolute atomic E-state index is 0.0766. The number of rotatable bonds is 7. The Morgan fingerprint density at radius 3 is 2.50 bits per heavy atom. The van der Waals surface area contributed by atoms with Crippen molar-refractivity contribution < 1.29 is 13.2 Å². The summed E-state index contributed by atoms with van der Waals surface area (Å²) in [5.41, 5.74) is 4.17. The van der Waals surface area contributed by atoms with Crippen molar-refractivity contribution in [1.29, 1.82) is 0 Å². The fourth-order valence-electron chi connectivity index (χ4n) is 2.62. The molecule has 6 nitrogen and oxygen atoms in total. The van der Waals surface area contributed by atoms with Crippen molar-refractivity contribution in [1.82, 2.24) is 5.43 Å². The van der Waals surface area contributed by atoms with Gasteiger partial charge in [-0.05, 0) is 55.1 Å². The third kappa shape index (κ3) is 5.08. The van der Waals surface area contributed by atoms with Gasteiger partial charge in [0.05, 0.1) is 16.3 Å². The lowest BCUT2D eigenvalue weighted by Crippen LogP contribution is -2.39. The molecule has 1 amide bonds. The standard InChI is InChI=1S/C21H20ClN3O3S2/c1-15-10-11-17(13-19(15)22)25(30(27,28)18-7-4-3-5-8-18)14-21(26)24-23-16(2)20-9-6-12-29-20/h3-13H,14H2,1-2H3,(H,24,26)/b23-16+. The number of sulfonamides is 1. The van der Waals surface area contributed by atoms with E-state index in [9.17, 15) is 13.2 Å². The number of nitrogens with zero attached hydrogens (tertiary/aromatic N) is 2. The largest absolute Gasteiger partial charge is 0.271 e. The van der Waals surface area contributed by atoms with Gasteiger partial charge in [0, 0.05) is 9.90 Å². The highest BCUT2D eigenvalue weighted by Gasteiger charge is 2.27. The first kappa shape index (κ1) is 22.0. The van der Waals surface area contributed by atoms with Gasteiger partial charge in [-0.1, -0.05) is 41.9 Å². The molecule has 2 aromatic carbocycles. The summed E-state index contributed by atoms with van der Waals surface area (Å²) in [6.45, 7) is 3.14. The van der Waals surface area contributed by atoms with Crippen LogP contribution < -0.4 is 9.73 Å². The smallest absolute Gasteiger partial charge is 0.264 e. The van der Waals surface area contributed by atoms with Crippen LogP contribution in [0.15, 0.2) is 76.0 Å². The number of carbonyl (C=O) groups excluding carboxylic acids is 1. The van der Waals surface area contributed by atoms with Crippen LogP contribution in [-0.4, -0.2) is 26.6 Å². The molecular formula is C21H20ClN3O3S2. The Balaban J connectivity index is 1.90. The molecule has 1 heterocycles. The molecule has 0 atom stereocenters. The van der Waals surface area contributed by atoms with E-state index in [2.05, 4.69) is 10.5 Å². The molecule has 156 valence electrons. The average molecular weight is 462 g/mol. The number of amides is 1. The molecule has 0 saturated heterocycles. The SMILES string of the molecule is C/C(=N\NC(=O)CN(c1ccc(C)c(Cl)c1)S(=O)(=O)c1ccccc1)c1cccs1. The van der Waals surface area contributed by atoms with Crippen LogP contribution in [0.1, 0.15) is 17.4 Å². The van der Waals surface area contributed by atoms with Crippen molar-refractivity contribution >= 4 is 50.3 Å². The number of hydrogen-bond acceptors (Lipinski definition) is 5. The van der Waals surface area contributed by atoms with Crippen LogP contribution in [0.3, 0.4) is 0 Å². The highest BCUT2D eigenvalue weighted by molar-refractivity contribution is 7.92. The Labute approximate surface area is 184 Å². The molecule has 0 radical (unpaired) electrons. The van der Waals surface area contributed by atoms with E-state index in [1.807, 2.05) is 24.4 Å². The van der Waals surface area contributed by atoms with Crippen LogP contribution >= 0.6 is 22.9 Å². The fraction of sp³-hybridized carbons (Fsp3) is 0.143. The monoisotopic (exact) mass is 461 g/mol. The molecule has 1 aromatic heterocycles. The molecule has 3 rings (SSSR count). The number of anilines is 1. The molecular weight excluding hydrogens is 442 g/mol. The van der Waals surface area contributed by atoms with Crippen molar-refractivity contribution in [2.24, 2.45) is 5.10 Å². The lowest BCUT2D eigenvalue weighted by atomic mass is 10.2. The van der Waals surface area contributed by atoms with Gasteiger partial charge in [0.25, 0.3) is 15.9 Å². The molecule has 0 aliphatic rings. The van der Waals surface area contributed by atoms with Gasteiger partial charge in [0.1, 0.15) is 6.54 Å². The molecule has 1 N–H and O–H groups in total. The molecule has 9 heteroatoms. The molecule has 0 saturated carbocycles. The van der Waals surface area contributed by atoms with Gasteiger partial charge in [-0.2, -0.15) is 5.10 Å². The summed E-state index contributed by atoms with van der Waals surface area (Å²) in [6.07, 6.45) is 0. The highest BCUT2D eigenvalue weighted by Crippen LogP contribution is 2.27. The third-order valence-corrected chi connectivity index (χ3v) is 7.46. The predicted molar refractivity (Wildman–Crippen MR) is 122 cm³/mol. The van der Waals surface area contributed by atoms with E-state index in [1.165, 1.54) is 29.5 Å². The van der Waals surface area contributed by atoms with Crippen LogP contribution in [0.25, 0.3) is 0 Å². The number of aryl methyl sites for hydroxylation is 1. The van der Waals surface area contributed by atoms with Crippen LogP contribution in [0.2, 0.25) is 5.02 Å². The molecule has 0 bridgehead atoms. The Morgan fingerprint density at radius 2 is 1.87 bits per heavy atom. The summed E-state index contributed by atoms with van der Waals surface area (Å²) < 4.78 is 27.5. The Morgan fingerprint density at radius 1 is 1.13 bits per heavy atom. The van der Waals surface area contributed by atoms with Crippen LogP contribution in [0, 0.1) is 6.92 Å². The van der Waals surface area contributed by atoms with Gasteiger partial charge in [-0.3, -0.25) is 9.10 Å². The summed E-state index contributed by atoms with van der Waals surface area (Å²) in [4.78, 5) is 13.6. The number of hydrazone groups is 1. The first-order chi connectivity index (χ1) is 14.3. The van der Waals surface area contributed by atoms with Crippen molar-refractivity contribution in [3.8, 4) is 0 Å². The molecule has 0 unspecified atom stereocenters. The lowest BCUT2D eigenvalue weighted by molar-refractivity contribution is -0.119. The van der Waals surface area contributed by atoms with Gasteiger partial charge in [-0.15, -0.1) is 11.3 Å². The van der Waals surface area contributed by atoms with E-state index >= 15 is 0 Å². The topological polar surface area (TPSA) is 78.8 Å². The number of nitrogens with one attached hydrogen (secondary N) is 1. The Kier molecular flexibility index (Phi) is 6.91. The van der Waals surface area contributed by atoms with Gasteiger partial charge in [0.15, 0.2) is 0 Å². The first-order valence-electron chi connectivity index (χ1n) is 9.00. The zero-order chi connectivity index (χ0) is 21.7. The molecule has 0 fully saturated rings. The quantitative estimate of drug-likeness (QED) is 0.417. The summed E-state index contributed by atoms with van der Waals surface area (Å²) in [7, 11) is -3.99. The maximum atomic E-state index is 13.3. The number of benzene rings is 2. The predicted octanol–water partition coefficient (Wildman–Crippen LogP) is 4.45. The summed E-state index contributed by atoms with van der Waals surface area (Å²) in [5, 5.41) is 6.40. The van der Waals surface area contributed by atoms with Crippen molar-refractivity contribution in [2.75, 3.05) is 10.8 Å². The minimum atomic E-state index is -3.99. The zero-order valence-corrected chi connectivity index (χ0v) is 18.8.